The van der Waals surface area contributed by atoms with E-state index in [2.05, 4.69) is 19.8 Å². The van der Waals surface area contributed by atoms with Crippen molar-refractivity contribution in [1.82, 2.24) is 14.9 Å². The first-order valence-corrected chi connectivity index (χ1v) is 7.58. The Morgan fingerprint density at radius 2 is 2.06 bits per heavy atom. The van der Waals surface area contributed by atoms with Gasteiger partial charge in [0.15, 0.2) is 10.3 Å². The third-order valence-electron chi connectivity index (χ3n) is 3.01. The molecule has 0 saturated carbocycles. The highest BCUT2D eigenvalue weighted by molar-refractivity contribution is 7.15. The molecule has 1 aliphatic rings. The second kappa shape index (κ2) is 5.21. The Morgan fingerprint density at radius 3 is 2.67 bits per heavy atom. The van der Waals surface area contributed by atoms with Crippen molar-refractivity contribution in [2.45, 2.75) is 6.54 Å². The molecule has 0 radical (unpaired) electrons. The largest absolute Gasteiger partial charge is 0.375 e. The van der Waals surface area contributed by atoms with Gasteiger partial charge in [-0.15, -0.1) is 22.7 Å². The van der Waals surface area contributed by atoms with Crippen LogP contribution in [0.25, 0.3) is 0 Å². The fraction of sp³-hybridized carbons (Fsp3) is 0.455. The number of hydrogen-bond donors (Lipinski definition) is 1. The Hall–Kier alpha value is -1.18. The summed E-state index contributed by atoms with van der Waals surface area (Å²) in [6.45, 7) is 5.18. The summed E-state index contributed by atoms with van der Waals surface area (Å²) in [5.41, 5.74) is 5.64. The Labute approximate surface area is 114 Å². The number of anilines is 2. The van der Waals surface area contributed by atoms with Crippen molar-refractivity contribution in [2.75, 3.05) is 36.8 Å². The van der Waals surface area contributed by atoms with Crippen LogP contribution in [0.5, 0.6) is 0 Å². The number of piperazine rings is 1. The quantitative estimate of drug-likeness (QED) is 0.924. The van der Waals surface area contributed by atoms with Gasteiger partial charge >= 0.3 is 0 Å². The third kappa shape index (κ3) is 2.63. The van der Waals surface area contributed by atoms with Crippen LogP contribution >= 0.6 is 22.7 Å². The van der Waals surface area contributed by atoms with Gasteiger partial charge in [0.1, 0.15) is 0 Å². The molecule has 7 heteroatoms. The molecule has 0 bridgehead atoms. The fourth-order valence-electron chi connectivity index (χ4n) is 2.09. The monoisotopic (exact) mass is 281 g/mol. The number of thiazole rings is 2. The van der Waals surface area contributed by atoms with Gasteiger partial charge in [-0.1, -0.05) is 0 Å². The van der Waals surface area contributed by atoms with E-state index in [4.69, 9.17) is 5.73 Å². The molecule has 2 aromatic heterocycles. The molecule has 3 rings (SSSR count). The van der Waals surface area contributed by atoms with Crippen molar-refractivity contribution in [1.29, 1.82) is 0 Å². The SMILES string of the molecule is Nc1ncc(CN2CCN(c3nccs3)CC2)s1. The normalized spacial score (nSPS) is 17.2. The zero-order valence-corrected chi connectivity index (χ0v) is 11.6. The minimum absolute atomic E-state index is 0.659. The second-order valence-electron chi connectivity index (χ2n) is 4.24. The van der Waals surface area contributed by atoms with Crippen molar-refractivity contribution in [2.24, 2.45) is 0 Å². The Kier molecular flexibility index (Phi) is 3.44. The molecule has 2 N–H and O–H groups in total. The topological polar surface area (TPSA) is 58.3 Å². The van der Waals surface area contributed by atoms with Crippen LogP contribution in [0.2, 0.25) is 0 Å². The van der Waals surface area contributed by atoms with Gasteiger partial charge in [0, 0.05) is 55.4 Å². The predicted molar refractivity (Wildman–Crippen MR) is 76.1 cm³/mol. The van der Waals surface area contributed by atoms with E-state index in [-0.39, 0.29) is 0 Å². The summed E-state index contributed by atoms with van der Waals surface area (Å²) in [5, 5.41) is 3.82. The first-order chi connectivity index (χ1) is 8.81. The highest BCUT2D eigenvalue weighted by atomic mass is 32.1. The summed E-state index contributed by atoms with van der Waals surface area (Å²) in [4.78, 5) is 14.5. The first-order valence-electron chi connectivity index (χ1n) is 5.88. The van der Waals surface area contributed by atoms with E-state index in [1.165, 1.54) is 4.88 Å². The maximum Gasteiger partial charge on any atom is 0.185 e. The van der Waals surface area contributed by atoms with Crippen LogP contribution in [-0.2, 0) is 6.54 Å². The number of aromatic nitrogens is 2. The molecule has 0 aliphatic carbocycles. The number of nitrogen functional groups attached to an aromatic ring is 1. The lowest BCUT2D eigenvalue weighted by Crippen LogP contribution is -2.45. The first kappa shape index (κ1) is 11.9. The van der Waals surface area contributed by atoms with Crippen molar-refractivity contribution >= 4 is 32.9 Å². The molecule has 3 heterocycles. The molecule has 0 atom stereocenters. The number of nitrogens with two attached hydrogens (primary N) is 1. The van der Waals surface area contributed by atoms with E-state index in [0.717, 1.165) is 37.9 Å². The number of nitrogens with zero attached hydrogens (tertiary/aromatic N) is 4. The van der Waals surface area contributed by atoms with Crippen molar-refractivity contribution in [3.05, 3.63) is 22.7 Å². The zero-order valence-electron chi connectivity index (χ0n) is 9.95. The highest BCUT2D eigenvalue weighted by Crippen LogP contribution is 2.21. The standard InChI is InChI=1S/C11H15N5S2/c12-10-14-7-9(18-10)8-15-2-4-16(5-3-15)11-13-1-6-17-11/h1,6-7H,2-5,8H2,(H2,12,14). The maximum absolute atomic E-state index is 5.64. The summed E-state index contributed by atoms with van der Waals surface area (Å²) in [5.74, 6) is 0. The molecule has 1 fully saturated rings. The molecule has 5 nitrogen and oxygen atoms in total. The Morgan fingerprint density at radius 1 is 1.22 bits per heavy atom. The van der Waals surface area contributed by atoms with Crippen LogP contribution in [0.3, 0.4) is 0 Å². The van der Waals surface area contributed by atoms with E-state index in [1.54, 1.807) is 22.7 Å². The van der Waals surface area contributed by atoms with Gasteiger partial charge < -0.3 is 10.6 Å². The smallest absolute Gasteiger partial charge is 0.185 e. The molecule has 0 aromatic carbocycles. The molecule has 1 aliphatic heterocycles. The summed E-state index contributed by atoms with van der Waals surface area (Å²) in [6, 6.07) is 0. The minimum atomic E-state index is 0.659. The van der Waals surface area contributed by atoms with Gasteiger partial charge in [0.2, 0.25) is 0 Å². The van der Waals surface area contributed by atoms with Gasteiger partial charge in [0.05, 0.1) is 0 Å². The van der Waals surface area contributed by atoms with Crippen LogP contribution in [0, 0.1) is 0 Å². The van der Waals surface area contributed by atoms with Crippen molar-refractivity contribution in [3.8, 4) is 0 Å². The lowest BCUT2D eigenvalue weighted by molar-refractivity contribution is 0.252. The lowest BCUT2D eigenvalue weighted by Gasteiger charge is -2.34. The maximum atomic E-state index is 5.64. The highest BCUT2D eigenvalue weighted by Gasteiger charge is 2.19. The van der Waals surface area contributed by atoms with Crippen LogP contribution in [0.15, 0.2) is 17.8 Å². The van der Waals surface area contributed by atoms with E-state index in [1.807, 2.05) is 17.8 Å². The Balaban J connectivity index is 1.54. The zero-order chi connectivity index (χ0) is 12.4. The molecular weight excluding hydrogens is 266 g/mol. The van der Waals surface area contributed by atoms with Gasteiger partial charge in [-0.3, -0.25) is 4.90 Å². The number of hydrogen-bond acceptors (Lipinski definition) is 7. The van der Waals surface area contributed by atoms with E-state index in [0.29, 0.717) is 5.13 Å². The van der Waals surface area contributed by atoms with Gasteiger partial charge in [0.25, 0.3) is 0 Å². The van der Waals surface area contributed by atoms with Crippen LogP contribution in [0.4, 0.5) is 10.3 Å². The van der Waals surface area contributed by atoms with E-state index in [9.17, 15) is 0 Å². The third-order valence-corrected chi connectivity index (χ3v) is 4.66. The van der Waals surface area contributed by atoms with Gasteiger partial charge in [-0.05, 0) is 0 Å². The average Bonchev–Trinajstić information content (AvgIpc) is 3.02. The molecule has 1 saturated heterocycles. The summed E-state index contributed by atoms with van der Waals surface area (Å²) in [7, 11) is 0. The predicted octanol–water partition coefficient (Wildman–Crippen LogP) is 1.50. The summed E-state index contributed by atoms with van der Waals surface area (Å²) in [6.07, 6.45) is 3.75. The van der Waals surface area contributed by atoms with Gasteiger partial charge in [-0.25, -0.2) is 9.97 Å². The summed E-state index contributed by atoms with van der Waals surface area (Å²) < 4.78 is 0. The minimum Gasteiger partial charge on any atom is -0.375 e. The Bertz CT molecular complexity index is 487. The molecule has 18 heavy (non-hydrogen) atoms. The van der Waals surface area contributed by atoms with Crippen LogP contribution in [0.1, 0.15) is 4.88 Å². The molecule has 0 unspecified atom stereocenters. The average molecular weight is 281 g/mol. The molecular formula is C11H15N5S2. The van der Waals surface area contributed by atoms with Crippen molar-refractivity contribution in [3.63, 3.8) is 0 Å². The number of rotatable bonds is 3. The lowest BCUT2D eigenvalue weighted by atomic mass is 10.3. The molecule has 0 amide bonds. The van der Waals surface area contributed by atoms with Crippen LogP contribution in [-0.4, -0.2) is 41.0 Å². The molecule has 2 aromatic rings. The second-order valence-corrected chi connectivity index (χ2v) is 6.26. The van der Waals surface area contributed by atoms with Crippen LogP contribution < -0.4 is 10.6 Å². The van der Waals surface area contributed by atoms with E-state index >= 15 is 0 Å². The van der Waals surface area contributed by atoms with Crippen molar-refractivity contribution < 1.29 is 0 Å². The molecule has 0 spiro atoms. The summed E-state index contributed by atoms with van der Waals surface area (Å²) >= 11 is 3.29. The van der Waals surface area contributed by atoms with E-state index < -0.39 is 0 Å². The van der Waals surface area contributed by atoms with Gasteiger partial charge in [-0.2, -0.15) is 0 Å². The fourth-order valence-corrected chi connectivity index (χ4v) is 3.51. The molecule has 96 valence electrons.